The molecule has 0 amide bonds. The van der Waals surface area contributed by atoms with Crippen molar-refractivity contribution in [3.05, 3.63) is 54.2 Å². The molecule has 0 spiro atoms. The summed E-state index contributed by atoms with van der Waals surface area (Å²) in [6.07, 6.45) is 1.67. The second-order valence-electron chi connectivity index (χ2n) is 4.10. The number of benzene rings is 1. The van der Waals surface area contributed by atoms with Gasteiger partial charge in [0, 0.05) is 16.7 Å². The van der Waals surface area contributed by atoms with Gasteiger partial charge in [0.2, 0.25) is 0 Å². The minimum Gasteiger partial charge on any atom is -0.468 e. The van der Waals surface area contributed by atoms with Gasteiger partial charge in [0.25, 0.3) is 0 Å². The molecule has 0 radical (unpaired) electrons. The van der Waals surface area contributed by atoms with E-state index in [4.69, 9.17) is 4.42 Å². The highest BCUT2D eigenvalue weighted by Gasteiger charge is 2.05. The van der Waals surface area contributed by atoms with Gasteiger partial charge in [-0.15, -0.1) is 11.8 Å². The maximum atomic E-state index is 13.0. The number of hydrogen-bond acceptors (Lipinski definition) is 3. The monoisotopic (exact) mass is 265 g/mol. The zero-order chi connectivity index (χ0) is 12.8. The van der Waals surface area contributed by atoms with Gasteiger partial charge in [-0.1, -0.05) is 13.0 Å². The van der Waals surface area contributed by atoms with E-state index < -0.39 is 0 Å². The Morgan fingerprint density at radius 3 is 2.94 bits per heavy atom. The first-order chi connectivity index (χ1) is 8.74. The fourth-order valence-electron chi connectivity index (χ4n) is 1.63. The summed E-state index contributed by atoms with van der Waals surface area (Å²) in [6, 6.07) is 10.5. The van der Waals surface area contributed by atoms with Crippen LogP contribution < -0.4 is 5.32 Å². The molecule has 1 N–H and O–H groups in total. The molecule has 1 aromatic heterocycles. The Morgan fingerprint density at radius 1 is 1.33 bits per heavy atom. The van der Waals surface area contributed by atoms with Crippen LogP contribution in [0.3, 0.4) is 0 Å². The summed E-state index contributed by atoms with van der Waals surface area (Å²) < 4.78 is 18.2. The third kappa shape index (κ3) is 4.20. The molecule has 0 saturated heterocycles. The Bertz CT molecular complexity index is 472. The molecule has 1 atom stereocenters. The van der Waals surface area contributed by atoms with Crippen LogP contribution in [0, 0.1) is 5.82 Å². The first-order valence-electron chi connectivity index (χ1n) is 5.89. The van der Waals surface area contributed by atoms with Gasteiger partial charge < -0.3 is 9.73 Å². The first kappa shape index (κ1) is 13.2. The Labute approximate surface area is 111 Å². The second kappa shape index (κ2) is 6.61. The smallest absolute Gasteiger partial charge is 0.124 e. The van der Waals surface area contributed by atoms with Crippen molar-refractivity contribution < 1.29 is 8.81 Å². The third-order valence-corrected chi connectivity index (χ3v) is 3.54. The largest absolute Gasteiger partial charge is 0.468 e. The van der Waals surface area contributed by atoms with Gasteiger partial charge in [0.05, 0.1) is 12.8 Å². The fraction of sp³-hybridized carbons (Fsp3) is 0.286. The lowest BCUT2D eigenvalue weighted by Gasteiger charge is -2.11. The summed E-state index contributed by atoms with van der Waals surface area (Å²) in [6.45, 7) is 3.69. The van der Waals surface area contributed by atoms with Gasteiger partial charge in [0.15, 0.2) is 0 Å². The molecule has 96 valence electrons. The summed E-state index contributed by atoms with van der Waals surface area (Å²) >= 11 is 1.66. The van der Waals surface area contributed by atoms with E-state index in [0.29, 0.717) is 5.25 Å². The number of hydrogen-bond donors (Lipinski definition) is 1. The number of furan rings is 1. The van der Waals surface area contributed by atoms with Crippen LogP contribution in [0.2, 0.25) is 0 Å². The van der Waals surface area contributed by atoms with Gasteiger partial charge in [-0.3, -0.25) is 0 Å². The highest BCUT2D eigenvalue weighted by atomic mass is 32.2. The van der Waals surface area contributed by atoms with Crippen molar-refractivity contribution in [1.29, 1.82) is 0 Å². The van der Waals surface area contributed by atoms with E-state index in [2.05, 4.69) is 12.2 Å². The van der Waals surface area contributed by atoms with Crippen molar-refractivity contribution in [2.75, 3.05) is 6.54 Å². The average molecular weight is 265 g/mol. The molecule has 0 aliphatic heterocycles. The zero-order valence-corrected chi connectivity index (χ0v) is 11.0. The van der Waals surface area contributed by atoms with E-state index in [1.165, 1.54) is 6.07 Å². The fourth-order valence-corrected chi connectivity index (χ4v) is 2.63. The first-order valence-corrected chi connectivity index (χ1v) is 6.77. The molecule has 1 heterocycles. The second-order valence-corrected chi connectivity index (χ2v) is 5.61. The van der Waals surface area contributed by atoms with Gasteiger partial charge in [-0.05, 0) is 30.3 Å². The van der Waals surface area contributed by atoms with Crippen LogP contribution in [0.4, 0.5) is 4.39 Å². The number of halogens is 1. The van der Waals surface area contributed by atoms with E-state index in [-0.39, 0.29) is 5.82 Å². The van der Waals surface area contributed by atoms with Crippen molar-refractivity contribution in [3.8, 4) is 0 Å². The molecule has 4 heteroatoms. The topological polar surface area (TPSA) is 25.2 Å². The van der Waals surface area contributed by atoms with Crippen molar-refractivity contribution >= 4 is 11.8 Å². The molecule has 18 heavy (non-hydrogen) atoms. The zero-order valence-electron chi connectivity index (χ0n) is 10.2. The summed E-state index contributed by atoms with van der Waals surface area (Å²) in [5, 5.41) is 3.69. The molecule has 2 nitrogen and oxygen atoms in total. The van der Waals surface area contributed by atoms with E-state index in [9.17, 15) is 4.39 Å². The van der Waals surface area contributed by atoms with Crippen molar-refractivity contribution in [1.82, 2.24) is 5.32 Å². The van der Waals surface area contributed by atoms with Crippen molar-refractivity contribution in [2.24, 2.45) is 0 Å². The number of rotatable bonds is 6. The van der Waals surface area contributed by atoms with E-state index in [1.54, 1.807) is 30.2 Å². The average Bonchev–Trinajstić information content (AvgIpc) is 2.82. The Kier molecular flexibility index (Phi) is 4.84. The molecular formula is C14H16FNOS. The molecule has 0 fully saturated rings. The SMILES string of the molecule is CC(CNCc1ccco1)Sc1cccc(F)c1. The molecule has 1 aromatic carbocycles. The van der Waals surface area contributed by atoms with Crippen LogP contribution >= 0.6 is 11.8 Å². The van der Waals surface area contributed by atoms with Crippen LogP contribution in [0.15, 0.2) is 52.0 Å². The van der Waals surface area contributed by atoms with Gasteiger partial charge >= 0.3 is 0 Å². The molecule has 2 aromatic rings. The molecule has 0 saturated carbocycles. The Hall–Kier alpha value is -1.26. The molecular weight excluding hydrogens is 249 g/mol. The molecule has 0 aliphatic rings. The van der Waals surface area contributed by atoms with Gasteiger partial charge in [-0.25, -0.2) is 4.39 Å². The molecule has 2 rings (SSSR count). The lowest BCUT2D eigenvalue weighted by molar-refractivity contribution is 0.484. The van der Waals surface area contributed by atoms with E-state index >= 15 is 0 Å². The normalized spacial score (nSPS) is 12.6. The molecule has 1 unspecified atom stereocenters. The van der Waals surface area contributed by atoms with Gasteiger partial charge in [0.1, 0.15) is 11.6 Å². The maximum absolute atomic E-state index is 13.0. The minimum atomic E-state index is -0.184. The third-order valence-electron chi connectivity index (χ3n) is 2.44. The van der Waals surface area contributed by atoms with E-state index in [1.807, 2.05) is 18.2 Å². The highest BCUT2D eigenvalue weighted by molar-refractivity contribution is 8.00. The lowest BCUT2D eigenvalue weighted by atomic mass is 10.3. The van der Waals surface area contributed by atoms with Gasteiger partial charge in [-0.2, -0.15) is 0 Å². The van der Waals surface area contributed by atoms with Crippen LogP contribution in [0.25, 0.3) is 0 Å². The van der Waals surface area contributed by atoms with Crippen LogP contribution in [-0.4, -0.2) is 11.8 Å². The number of nitrogens with one attached hydrogen (secondary N) is 1. The Balaban J connectivity index is 1.73. The minimum absolute atomic E-state index is 0.184. The number of thioether (sulfide) groups is 1. The van der Waals surface area contributed by atoms with Crippen LogP contribution in [-0.2, 0) is 6.54 Å². The predicted octanol–water partition coefficient (Wildman–Crippen LogP) is 3.69. The summed E-state index contributed by atoms with van der Waals surface area (Å²) in [5.74, 6) is 0.744. The highest BCUT2D eigenvalue weighted by Crippen LogP contribution is 2.23. The van der Waals surface area contributed by atoms with E-state index in [0.717, 1.165) is 23.7 Å². The maximum Gasteiger partial charge on any atom is 0.124 e. The Morgan fingerprint density at radius 2 is 2.22 bits per heavy atom. The summed E-state index contributed by atoms with van der Waals surface area (Å²) in [4.78, 5) is 0.960. The summed E-state index contributed by atoms with van der Waals surface area (Å²) in [7, 11) is 0. The van der Waals surface area contributed by atoms with Crippen LogP contribution in [0.5, 0.6) is 0 Å². The standard InChI is InChI=1S/C14H16FNOS/c1-11(9-16-10-13-5-3-7-17-13)18-14-6-2-4-12(15)8-14/h2-8,11,16H,9-10H2,1H3. The quantitative estimate of drug-likeness (QED) is 0.806. The van der Waals surface area contributed by atoms with Crippen LogP contribution in [0.1, 0.15) is 12.7 Å². The predicted molar refractivity (Wildman–Crippen MR) is 72.1 cm³/mol. The molecule has 0 bridgehead atoms. The molecule has 0 aliphatic carbocycles. The lowest BCUT2D eigenvalue weighted by Crippen LogP contribution is -2.21. The van der Waals surface area contributed by atoms with Crippen molar-refractivity contribution in [2.45, 2.75) is 23.6 Å². The van der Waals surface area contributed by atoms with Crippen molar-refractivity contribution in [3.63, 3.8) is 0 Å². The summed E-state index contributed by atoms with van der Waals surface area (Å²) in [5.41, 5.74) is 0.